The molecule has 0 radical (unpaired) electrons. The molecule has 0 bridgehead atoms. The van der Waals surface area contributed by atoms with Crippen LogP contribution in [0.1, 0.15) is 0 Å². The van der Waals surface area contributed by atoms with Crippen molar-refractivity contribution in [3.05, 3.63) is 0 Å². The summed E-state index contributed by atoms with van der Waals surface area (Å²) in [5.74, 6) is 0. The molecule has 0 atom stereocenters. The van der Waals surface area contributed by atoms with E-state index in [1.807, 2.05) is 0 Å². The molecule has 4 heavy (non-hydrogen) atoms. The summed E-state index contributed by atoms with van der Waals surface area (Å²) in [5.41, 5.74) is 0. The van der Waals surface area contributed by atoms with Gasteiger partial charge in [-0.15, -0.1) is 0 Å². The number of rotatable bonds is 0. The summed E-state index contributed by atoms with van der Waals surface area (Å²) < 4.78 is 0. The minimum Gasteiger partial charge on any atom is -2.00 e. The molecular formula is O2TaZr+5. The molecule has 0 aliphatic carbocycles. The molecule has 0 N–H and O–H groups in total. The van der Waals surface area contributed by atoms with Gasteiger partial charge in [0.25, 0.3) is 0 Å². The van der Waals surface area contributed by atoms with Crippen molar-refractivity contribution >= 4 is 0 Å². The second-order valence-corrected chi connectivity index (χ2v) is 0. The first-order valence-electron chi connectivity index (χ1n) is 0. The Morgan fingerprint density at radius 1 is 0.750 bits per heavy atom. The molecule has 0 rings (SSSR count). The topological polar surface area (TPSA) is 57.0 Å². The summed E-state index contributed by atoms with van der Waals surface area (Å²) in [6, 6.07) is 0. The number of hydrogen-bond donors (Lipinski definition) is 0. The Balaban J connectivity index is 0. The van der Waals surface area contributed by atoms with Crippen LogP contribution in [-0.4, -0.2) is 0 Å². The monoisotopic (exact) mass is 303 g/mol. The van der Waals surface area contributed by atoms with Gasteiger partial charge in [0.2, 0.25) is 0 Å². The van der Waals surface area contributed by atoms with Gasteiger partial charge in [0.05, 0.1) is 0 Å². The van der Waals surface area contributed by atoms with Crippen molar-refractivity contribution in [2.24, 2.45) is 0 Å². The molecule has 0 saturated heterocycles. The van der Waals surface area contributed by atoms with Crippen LogP contribution in [0, 0.1) is 0 Å². The molecule has 0 heterocycles. The Hall–Kier alpha value is 1.54. The van der Waals surface area contributed by atoms with E-state index >= 15 is 0 Å². The van der Waals surface area contributed by atoms with E-state index in [4.69, 9.17) is 0 Å². The van der Waals surface area contributed by atoms with Crippen LogP contribution in [0.4, 0.5) is 0 Å². The van der Waals surface area contributed by atoms with E-state index in [-0.39, 0.29) is 59.5 Å². The predicted octanol–water partition coefficient (Wildman–Crippen LogP) is -0.243. The van der Waals surface area contributed by atoms with E-state index < -0.39 is 0 Å². The maximum absolute atomic E-state index is 0. The first-order valence-corrected chi connectivity index (χ1v) is 0. The zero-order valence-corrected chi connectivity index (χ0v) is 7.44. The average molecular weight is 304 g/mol. The standard InChI is InChI=1S/2O.Ta.Zr/q2*-2;+5;+4. The van der Waals surface area contributed by atoms with E-state index in [0.29, 0.717) is 0 Å². The fourth-order valence-corrected chi connectivity index (χ4v) is 0. The third kappa shape index (κ3) is 9.62. The van der Waals surface area contributed by atoms with Crippen LogP contribution in [-0.2, 0) is 59.5 Å². The van der Waals surface area contributed by atoms with E-state index in [1.165, 1.54) is 0 Å². The molecule has 0 aliphatic rings. The molecule has 0 unspecified atom stereocenters. The van der Waals surface area contributed by atoms with E-state index in [1.54, 1.807) is 0 Å². The van der Waals surface area contributed by atoms with Crippen LogP contribution in [0.3, 0.4) is 0 Å². The van der Waals surface area contributed by atoms with Crippen LogP contribution in [0.15, 0.2) is 0 Å². The van der Waals surface area contributed by atoms with Crippen molar-refractivity contribution in [2.45, 2.75) is 0 Å². The van der Waals surface area contributed by atoms with Gasteiger partial charge in [-0.2, -0.15) is 0 Å². The summed E-state index contributed by atoms with van der Waals surface area (Å²) in [7, 11) is 0. The summed E-state index contributed by atoms with van der Waals surface area (Å²) in [6.45, 7) is 0. The first kappa shape index (κ1) is 48.0. The van der Waals surface area contributed by atoms with Gasteiger partial charge in [0, 0.05) is 0 Å². The Bertz CT molecular complexity index is 6.00. The minimum absolute atomic E-state index is 0. The van der Waals surface area contributed by atoms with E-state index in [9.17, 15) is 0 Å². The van der Waals surface area contributed by atoms with Gasteiger partial charge in [-0.1, -0.05) is 0 Å². The molecule has 0 aromatic carbocycles. The van der Waals surface area contributed by atoms with Crippen LogP contribution >= 0.6 is 0 Å². The first-order chi connectivity index (χ1) is 0. The van der Waals surface area contributed by atoms with Gasteiger partial charge < -0.3 is 11.0 Å². The molecule has 0 aromatic heterocycles. The van der Waals surface area contributed by atoms with Gasteiger partial charge in [-0.05, 0) is 0 Å². The Morgan fingerprint density at radius 3 is 0.750 bits per heavy atom. The molecule has 0 saturated carbocycles. The van der Waals surface area contributed by atoms with Gasteiger partial charge in [0.15, 0.2) is 0 Å². The quantitative estimate of drug-likeness (QED) is 0.593. The van der Waals surface area contributed by atoms with Crippen molar-refractivity contribution in [1.29, 1.82) is 0 Å². The largest absolute Gasteiger partial charge is 5.00 e. The molecule has 0 aromatic rings. The summed E-state index contributed by atoms with van der Waals surface area (Å²) in [6.07, 6.45) is 0. The number of hydrogen-bond acceptors (Lipinski definition) is 0. The van der Waals surface area contributed by atoms with Crippen molar-refractivity contribution in [3.63, 3.8) is 0 Å². The summed E-state index contributed by atoms with van der Waals surface area (Å²) in [4.78, 5) is 0. The fourth-order valence-electron chi connectivity index (χ4n) is 0. The molecule has 16 valence electrons. The molecule has 2 nitrogen and oxygen atoms in total. The smallest absolute Gasteiger partial charge is 2.00 e. The fraction of sp³-hybridized carbons (Fsp3) is 0. The maximum atomic E-state index is 0. The molecule has 4 heteroatoms. The summed E-state index contributed by atoms with van der Waals surface area (Å²) >= 11 is 0. The third-order valence-corrected chi connectivity index (χ3v) is 0. The third-order valence-electron chi connectivity index (χ3n) is 0. The van der Waals surface area contributed by atoms with Crippen molar-refractivity contribution in [2.75, 3.05) is 0 Å². The van der Waals surface area contributed by atoms with Crippen molar-refractivity contribution < 1.29 is 59.5 Å². The van der Waals surface area contributed by atoms with Gasteiger partial charge in [-0.3, -0.25) is 0 Å². The maximum Gasteiger partial charge on any atom is 5.00 e. The average Bonchev–Trinajstić information content (AvgIpc) is 0. The molecule has 0 spiro atoms. The van der Waals surface area contributed by atoms with Crippen LogP contribution in [0.5, 0.6) is 0 Å². The molecule has 0 aliphatic heterocycles. The second-order valence-electron chi connectivity index (χ2n) is 0. The normalized spacial score (nSPS) is 0. The Kier molecular flexibility index (Phi) is 288. The SMILES string of the molecule is [O-2].[O-2].[Ta+5].[Zr+4]. The predicted molar refractivity (Wildman–Crippen MR) is 1.37 cm³/mol. The van der Waals surface area contributed by atoms with Crippen molar-refractivity contribution in [1.82, 2.24) is 0 Å². The molecule has 0 fully saturated rings. The Labute approximate surface area is 59.2 Å². The second kappa shape index (κ2) is 23.9. The van der Waals surface area contributed by atoms with Crippen LogP contribution < -0.4 is 0 Å². The van der Waals surface area contributed by atoms with Crippen molar-refractivity contribution in [3.8, 4) is 0 Å². The van der Waals surface area contributed by atoms with Crippen LogP contribution in [0.25, 0.3) is 0 Å². The zero-order chi connectivity index (χ0) is 0. The Morgan fingerprint density at radius 2 is 0.750 bits per heavy atom. The van der Waals surface area contributed by atoms with E-state index in [2.05, 4.69) is 0 Å². The van der Waals surface area contributed by atoms with E-state index in [0.717, 1.165) is 0 Å². The molecule has 0 amide bonds. The van der Waals surface area contributed by atoms with Crippen LogP contribution in [0.2, 0.25) is 0 Å². The zero-order valence-electron chi connectivity index (χ0n) is 1.76. The summed E-state index contributed by atoms with van der Waals surface area (Å²) in [5, 5.41) is 0. The van der Waals surface area contributed by atoms with Gasteiger partial charge in [-0.25, -0.2) is 0 Å². The minimum atomic E-state index is 0. The van der Waals surface area contributed by atoms with Gasteiger partial charge in [0.1, 0.15) is 0 Å². The van der Waals surface area contributed by atoms with Gasteiger partial charge >= 0.3 is 48.6 Å². The molecular weight excluding hydrogens is 304 g/mol.